The minimum atomic E-state index is 0.0472. The van der Waals surface area contributed by atoms with E-state index in [9.17, 15) is 0 Å². The minimum Gasteiger partial charge on any atom is -0.324 e. The van der Waals surface area contributed by atoms with Crippen LogP contribution in [0.2, 0.25) is 0 Å². The molecule has 0 bridgehead atoms. The Balaban J connectivity index is 2.56. The van der Waals surface area contributed by atoms with Gasteiger partial charge in [0.25, 0.3) is 0 Å². The summed E-state index contributed by atoms with van der Waals surface area (Å²) in [4.78, 5) is 0. The summed E-state index contributed by atoms with van der Waals surface area (Å²) in [6.07, 6.45) is 0. The lowest BCUT2D eigenvalue weighted by Gasteiger charge is -2.14. The molecule has 0 unspecified atom stereocenters. The van der Waals surface area contributed by atoms with E-state index >= 15 is 0 Å². The Bertz CT molecular complexity index is 629. The van der Waals surface area contributed by atoms with Crippen molar-refractivity contribution in [3.05, 3.63) is 60.2 Å². The van der Waals surface area contributed by atoms with Crippen LogP contribution in [0.15, 0.2) is 54.6 Å². The van der Waals surface area contributed by atoms with Gasteiger partial charge in [-0.1, -0.05) is 48.5 Å². The van der Waals surface area contributed by atoms with Crippen molar-refractivity contribution in [2.24, 2.45) is 5.73 Å². The van der Waals surface area contributed by atoms with E-state index in [1.807, 2.05) is 6.92 Å². The van der Waals surface area contributed by atoms with E-state index in [0.717, 1.165) is 0 Å². The first-order chi connectivity index (χ1) is 8.27. The largest absolute Gasteiger partial charge is 0.324 e. The number of rotatable bonds is 1. The van der Waals surface area contributed by atoms with E-state index in [-0.39, 0.29) is 6.04 Å². The minimum absolute atomic E-state index is 0.0472. The zero-order valence-electron chi connectivity index (χ0n) is 9.85. The Morgan fingerprint density at radius 2 is 1.29 bits per heavy atom. The first-order valence-corrected chi connectivity index (χ1v) is 5.93. The zero-order chi connectivity index (χ0) is 11.8. The van der Waals surface area contributed by atoms with Crippen molar-refractivity contribution in [1.29, 1.82) is 0 Å². The normalized spacial score (nSPS) is 13.1. The fraction of sp³-hybridized carbons (Fsp3) is 0.125. The van der Waals surface area contributed by atoms with E-state index in [0.29, 0.717) is 0 Å². The van der Waals surface area contributed by atoms with Crippen LogP contribution in [0.25, 0.3) is 21.5 Å². The Morgan fingerprint density at radius 3 is 1.76 bits per heavy atom. The number of fused-ring (bicyclic) bond motifs is 2. The van der Waals surface area contributed by atoms with Gasteiger partial charge in [0.15, 0.2) is 0 Å². The van der Waals surface area contributed by atoms with Gasteiger partial charge >= 0.3 is 0 Å². The summed E-state index contributed by atoms with van der Waals surface area (Å²) in [6.45, 7) is 2.05. The maximum atomic E-state index is 6.15. The smallest absolute Gasteiger partial charge is 0.0278 e. The van der Waals surface area contributed by atoms with E-state index in [1.54, 1.807) is 0 Å². The molecule has 3 rings (SSSR count). The van der Waals surface area contributed by atoms with Crippen LogP contribution >= 0.6 is 0 Å². The Kier molecular flexibility index (Phi) is 2.34. The third kappa shape index (κ3) is 1.60. The van der Waals surface area contributed by atoms with Crippen LogP contribution in [-0.2, 0) is 0 Å². The average Bonchev–Trinajstić information content (AvgIpc) is 2.35. The Morgan fingerprint density at radius 1 is 0.824 bits per heavy atom. The van der Waals surface area contributed by atoms with Crippen molar-refractivity contribution >= 4 is 21.5 Å². The molecule has 0 amide bonds. The fourth-order valence-corrected chi connectivity index (χ4v) is 2.54. The van der Waals surface area contributed by atoms with Gasteiger partial charge in [-0.2, -0.15) is 0 Å². The molecule has 2 N–H and O–H groups in total. The number of hydrogen-bond acceptors (Lipinski definition) is 1. The van der Waals surface area contributed by atoms with Crippen molar-refractivity contribution in [3.63, 3.8) is 0 Å². The first kappa shape index (κ1) is 10.3. The topological polar surface area (TPSA) is 26.0 Å². The quantitative estimate of drug-likeness (QED) is 0.617. The number of nitrogens with two attached hydrogens (primary N) is 1. The predicted molar refractivity (Wildman–Crippen MR) is 74.1 cm³/mol. The molecule has 0 aliphatic carbocycles. The number of hydrogen-bond donors (Lipinski definition) is 1. The van der Waals surface area contributed by atoms with Crippen molar-refractivity contribution in [2.45, 2.75) is 13.0 Å². The molecule has 0 saturated carbocycles. The molecule has 84 valence electrons. The second kappa shape index (κ2) is 3.86. The standard InChI is InChI=1S/C16H15N/c1-11(17)16-14-8-4-2-6-12(14)10-13-7-3-5-9-15(13)16/h2-11H,17H2,1H3/t11-/m0/s1. The third-order valence-electron chi connectivity index (χ3n) is 3.27. The molecule has 0 aliphatic rings. The molecule has 3 aromatic carbocycles. The summed E-state index contributed by atoms with van der Waals surface area (Å²) < 4.78 is 0. The third-order valence-corrected chi connectivity index (χ3v) is 3.27. The van der Waals surface area contributed by atoms with Crippen LogP contribution in [0, 0.1) is 0 Å². The molecule has 3 aromatic rings. The summed E-state index contributed by atoms with van der Waals surface area (Å²) >= 11 is 0. The van der Waals surface area contributed by atoms with Crippen LogP contribution in [0.5, 0.6) is 0 Å². The van der Waals surface area contributed by atoms with E-state index in [2.05, 4.69) is 54.6 Å². The molecule has 0 spiro atoms. The van der Waals surface area contributed by atoms with Gasteiger partial charge in [0.05, 0.1) is 0 Å². The van der Waals surface area contributed by atoms with Gasteiger partial charge in [0.1, 0.15) is 0 Å². The molecule has 0 aromatic heterocycles. The Labute approximate surface area is 101 Å². The lowest BCUT2D eigenvalue weighted by atomic mass is 9.93. The van der Waals surface area contributed by atoms with Gasteiger partial charge in [-0.3, -0.25) is 0 Å². The molecule has 0 fully saturated rings. The highest BCUT2D eigenvalue weighted by Gasteiger charge is 2.09. The fourth-order valence-electron chi connectivity index (χ4n) is 2.54. The highest BCUT2D eigenvalue weighted by atomic mass is 14.6. The summed E-state index contributed by atoms with van der Waals surface area (Å²) in [5.74, 6) is 0. The van der Waals surface area contributed by atoms with Crippen LogP contribution in [-0.4, -0.2) is 0 Å². The zero-order valence-corrected chi connectivity index (χ0v) is 9.85. The molecule has 17 heavy (non-hydrogen) atoms. The first-order valence-electron chi connectivity index (χ1n) is 5.93. The summed E-state index contributed by atoms with van der Waals surface area (Å²) in [6, 6.07) is 19.2. The molecule has 1 heteroatoms. The van der Waals surface area contributed by atoms with Gasteiger partial charge in [-0.05, 0) is 40.1 Å². The van der Waals surface area contributed by atoms with Crippen LogP contribution in [0.1, 0.15) is 18.5 Å². The van der Waals surface area contributed by atoms with E-state index in [4.69, 9.17) is 5.73 Å². The molecule has 1 nitrogen and oxygen atoms in total. The molecule has 1 atom stereocenters. The van der Waals surface area contributed by atoms with E-state index in [1.165, 1.54) is 27.1 Å². The summed E-state index contributed by atoms with van der Waals surface area (Å²) in [5.41, 5.74) is 7.39. The Hall–Kier alpha value is -1.86. The van der Waals surface area contributed by atoms with Gasteiger partial charge in [-0.15, -0.1) is 0 Å². The molecule has 0 radical (unpaired) electrons. The summed E-state index contributed by atoms with van der Waals surface area (Å²) in [7, 11) is 0. The van der Waals surface area contributed by atoms with Gasteiger partial charge in [-0.25, -0.2) is 0 Å². The number of benzene rings is 3. The maximum Gasteiger partial charge on any atom is 0.0278 e. The molecular weight excluding hydrogens is 206 g/mol. The summed E-state index contributed by atoms with van der Waals surface area (Å²) in [5, 5.41) is 5.06. The van der Waals surface area contributed by atoms with Gasteiger partial charge in [0.2, 0.25) is 0 Å². The lowest BCUT2D eigenvalue weighted by molar-refractivity contribution is 0.834. The monoisotopic (exact) mass is 221 g/mol. The van der Waals surface area contributed by atoms with Crippen molar-refractivity contribution < 1.29 is 0 Å². The van der Waals surface area contributed by atoms with E-state index < -0.39 is 0 Å². The molecular formula is C16H15N. The second-order valence-corrected chi connectivity index (χ2v) is 4.52. The maximum absolute atomic E-state index is 6.15. The van der Waals surface area contributed by atoms with Gasteiger partial charge in [0, 0.05) is 6.04 Å². The second-order valence-electron chi connectivity index (χ2n) is 4.52. The molecule has 0 saturated heterocycles. The van der Waals surface area contributed by atoms with Crippen LogP contribution < -0.4 is 5.73 Å². The molecule has 0 aliphatic heterocycles. The van der Waals surface area contributed by atoms with Gasteiger partial charge < -0.3 is 5.73 Å². The van der Waals surface area contributed by atoms with Crippen LogP contribution in [0.3, 0.4) is 0 Å². The highest BCUT2D eigenvalue weighted by Crippen LogP contribution is 2.31. The van der Waals surface area contributed by atoms with Crippen LogP contribution in [0.4, 0.5) is 0 Å². The van der Waals surface area contributed by atoms with Crippen molar-refractivity contribution in [1.82, 2.24) is 0 Å². The van der Waals surface area contributed by atoms with Crippen molar-refractivity contribution in [3.8, 4) is 0 Å². The SMILES string of the molecule is C[C@H](N)c1c2ccccc2cc2ccccc12. The molecule has 0 heterocycles. The lowest BCUT2D eigenvalue weighted by Crippen LogP contribution is -2.06. The highest BCUT2D eigenvalue weighted by molar-refractivity contribution is 6.02. The predicted octanol–water partition coefficient (Wildman–Crippen LogP) is 4.01. The van der Waals surface area contributed by atoms with Crippen molar-refractivity contribution in [2.75, 3.05) is 0 Å². The average molecular weight is 221 g/mol.